The molecule has 364 valence electrons. The number of piperazine rings is 2. The number of nitrogens with one attached hydrogen (secondary N) is 2. The number of aromatic nitrogens is 5. The zero-order chi connectivity index (χ0) is 49.8. The van der Waals surface area contributed by atoms with Crippen LogP contribution in [-0.4, -0.2) is 79.1 Å². The van der Waals surface area contributed by atoms with E-state index < -0.39 is 0 Å². The molecule has 73 heavy (non-hydrogen) atoms. The molecule has 2 amide bonds. The Balaban J connectivity index is 0.657. The molecule has 0 atom stereocenters. The number of fused-ring (bicyclic) bond motifs is 2. The Morgan fingerprint density at radius 1 is 0.493 bits per heavy atom. The zero-order valence-electron chi connectivity index (χ0n) is 39.8. The molecule has 0 aliphatic carbocycles. The second kappa shape index (κ2) is 20.8. The Kier molecular flexibility index (Phi) is 13.4. The van der Waals surface area contributed by atoms with Crippen LogP contribution in [0.3, 0.4) is 0 Å². The highest BCUT2D eigenvalue weighted by molar-refractivity contribution is 7.21. The van der Waals surface area contributed by atoms with Crippen molar-refractivity contribution < 1.29 is 18.7 Å². The molecule has 3 aromatic heterocycles. The largest absolute Gasteiger partial charge is 0.409 e. The second-order valence-electron chi connectivity index (χ2n) is 17.5. The van der Waals surface area contributed by atoms with Gasteiger partial charge in [-0.2, -0.15) is 15.0 Å². The normalized spacial score (nSPS) is 14.2. The van der Waals surface area contributed by atoms with E-state index in [1.807, 2.05) is 120 Å². The first-order chi connectivity index (χ1) is 35.7. The zero-order valence-corrected chi connectivity index (χ0v) is 42.2. The van der Waals surface area contributed by atoms with E-state index in [1.54, 1.807) is 24.3 Å². The lowest BCUT2D eigenvalue weighted by Crippen LogP contribution is -2.48. The minimum Gasteiger partial charge on any atom is -0.368 e. The molecule has 2 N–H and O–H groups in total. The minimum absolute atomic E-state index is 0.151. The van der Waals surface area contributed by atoms with Crippen molar-refractivity contribution in [3.8, 4) is 0 Å². The van der Waals surface area contributed by atoms with Gasteiger partial charge in [0.2, 0.25) is 17.2 Å². The van der Waals surface area contributed by atoms with Gasteiger partial charge in [-0.15, -0.1) is 0 Å². The maximum absolute atomic E-state index is 12.7. The van der Waals surface area contributed by atoms with Crippen molar-refractivity contribution in [1.82, 2.24) is 15.0 Å². The number of azo groups is 2. The van der Waals surface area contributed by atoms with Crippen molar-refractivity contribution in [1.29, 1.82) is 0 Å². The maximum Gasteiger partial charge on any atom is 0.409 e. The molecule has 20 heteroatoms. The number of anilines is 6. The molecule has 2 aliphatic rings. The number of nitrogens with zero attached hydrogens (tertiary/aromatic N) is 13. The van der Waals surface area contributed by atoms with E-state index in [-0.39, 0.29) is 17.1 Å². The van der Waals surface area contributed by atoms with E-state index in [0.29, 0.717) is 23.0 Å². The number of hydrogen-bond donors (Lipinski definition) is 2. The molecule has 9 aromatic rings. The van der Waals surface area contributed by atoms with Crippen LogP contribution in [0.1, 0.15) is 20.7 Å². The summed E-state index contributed by atoms with van der Waals surface area (Å²) in [6.07, 6.45) is 0. The fraction of sp³-hybridized carbons (Fsp3) is 0.189. The summed E-state index contributed by atoms with van der Waals surface area (Å²) in [6.45, 7) is 6.04. The van der Waals surface area contributed by atoms with Gasteiger partial charge in [-0.25, -0.2) is 9.13 Å². The number of hydrogen-bond acceptors (Lipinski definition) is 15. The van der Waals surface area contributed by atoms with Crippen LogP contribution in [0.2, 0.25) is 5.28 Å². The molecule has 0 unspecified atom stereocenters. The van der Waals surface area contributed by atoms with E-state index in [0.717, 1.165) is 117 Å². The van der Waals surface area contributed by atoms with Gasteiger partial charge in [0.15, 0.2) is 0 Å². The topological polar surface area (TPSA) is 167 Å². The van der Waals surface area contributed by atoms with Gasteiger partial charge >= 0.3 is 10.3 Å². The monoisotopic (exact) mass is 1030 g/mol. The average Bonchev–Trinajstić information content (AvgIpc) is 3.93. The summed E-state index contributed by atoms with van der Waals surface area (Å²) in [5.41, 5.74) is 8.38. The third kappa shape index (κ3) is 10.6. The van der Waals surface area contributed by atoms with Gasteiger partial charge in [0.05, 0.1) is 33.7 Å². The quantitative estimate of drug-likeness (QED) is 0.0894. The molecule has 2 saturated heterocycles. The van der Waals surface area contributed by atoms with Crippen LogP contribution in [0.25, 0.3) is 20.4 Å². The molecule has 0 spiro atoms. The fourth-order valence-electron chi connectivity index (χ4n) is 8.80. The van der Waals surface area contributed by atoms with Crippen LogP contribution in [0.5, 0.6) is 0 Å². The number of benzene rings is 6. The van der Waals surface area contributed by atoms with Crippen molar-refractivity contribution in [3.05, 3.63) is 162 Å². The molecule has 0 saturated carbocycles. The molecule has 2 aliphatic heterocycles. The fourth-order valence-corrected chi connectivity index (χ4v) is 11.0. The van der Waals surface area contributed by atoms with Crippen molar-refractivity contribution in [2.45, 2.75) is 0 Å². The van der Waals surface area contributed by atoms with Crippen LogP contribution < -0.4 is 39.4 Å². The second-order valence-corrected chi connectivity index (χ2v) is 19.8. The Bertz CT molecular complexity index is 3290. The van der Waals surface area contributed by atoms with E-state index in [2.05, 4.69) is 84.9 Å². The van der Waals surface area contributed by atoms with Gasteiger partial charge < -0.3 is 30.2 Å². The van der Waals surface area contributed by atoms with Crippen molar-refractivity contribution in [2.24, 2.45) is 34.6 Å². The Labute approximate surface area is 433 Å². The predicted molar refractivity (Wildman–Crippen MR) is 290 cm³/mol. The molecule has 5 heterocycles. The van der Waals surface area contributed by atoms with Gasteiger partial charge in [-0.1, -0.05) is 36.4 Å². The molecular formula is C53H48ClN15O2S2+2. The minimum atomic E-state index is -0.151. The Morgan fingerprint density at radius 3 is 1.27 bits per heavy atom. The molecule has 0 radical (unpaired) electrons. The summed E-state index contributed by atoms with van der Waals surface area (Å²) in [4.78, 5) is 48.4. The predicted octanol–water partition coefficient (Wildman–Crippen LogP) is 10.6. The van der Waals surface area contributed by atoms with Crippen molar-refractivity contribution >= 4 is 123 Å². The highest BCUT2D eigenvalue weighted by Crippen LogP contribution is 2.33. The van der Waals surface area contributed by atoms with Gasteiger partial charge in [0.25, 0.3) is 11.8 Å². The molecule has 11 rings (SSSR count). The van der Waals surface area contributed by atoms with Gasteiger partial charge in [0.1, 0.15) is 22.4 Å². The molecule has 17 nitrogen and oxygen atoms in total. The standard InChI is InChI=1S/C53H46ClN15O2S2/c1-64-43-23-17-39(55-47(70)35-9-5-3-6-10-35)33-45(43)72-52(64)62-60-37-13-19-41(20-14-37)66-25-29-68(30-26-66)50-57-49(54)58-51(59-50)69-31-27-67(28-32-69)42-21-15-38(16-22-42)61-63-53-65(2)44-24-18-40(34-46(44)73-53)56-48(71)36-11-7-4-8-12-36/h3-24,33-34H,25-32H2,1-2H3/p+2. The first kappa shape index (κ1) is 47.1. The van der Waals surface area contributed by atoms with E-state index in [1.165, 1.54) is 22.7 Å². The van der Waals surface area contributed by atoms with Crippen LogP contribution in [0, 0.1) is 0 Å². The lowest BCUT2D eigenvalue weighted by atomic mass is 10.2. The number of carbonyl (C=O) groups excluding carboxylic acids is 2. The molecular weight excluding hydrogens is 978 g/mol. The summed E-state index contributed by atoms with van der Waals surface area (Å²) in [7, 11) is 3.93. The molecule has 6 aromatic carbocycles. The summed E-state index contributed by atoms with van der Waals surface area (Å²) < 4.78 is 6.00. The number of thiazole rings is 2. The number of carbonyl (C=O) groups is 2. The summed E-state index contributed by atoms with van der Waals surface area (Å²) in [5.74, 6) is 0.867. The van der Waals surface area contributed by atoms with Crippen LogP contribution >= 0.6 is 34.3 Å². The first-order valence-corrected chi connectivity index (χ1v) is 25.7. The van der Waals surface area contributed by atoms with Crippen LogP contribution in [0.15, 0.2) is 166 Å². The van der Waals surface area contributed by atoms with Crippen molar-refractivity contribution in [3.63, 3.8) is 0 Å². The average molecular weight is 1030 g/mol. The maximum atomic E-state index is 12.7. The number of rotatable bonds is 12. The lowest BCUT2D eigenvalue weighted by molar-refractivity contribution is -0.628. The summed E-state index contributed by atoms with van der Waals surface area (Å²) in [5, 5.41) is 25.9. The SMILES string of the molecule is C[n+]1c(N=Nc2ccc(N3CCN(c4nc(Cl)nc(N5CCN(c6ccc(N=Nc7sc8cc(NC(=O)c9ccccc9)ccc8[n+]7C)cc6)CC5)n4)CC3)cc2)sc2cc(NC(=O)c3ccccc3)ccc21. The third-order valence-electron chi connectivity index (χ3n) is 12.8. The first-order valence-electron chi connectivity index (χ1n) is 23.7. The number of aryl methyl sites for hydroxylation is 2. The number of amides is 2. The van der Waals surface area contributed by atoms with Gasteiger partial charge in [0, 0.05) is 86.2 Å². The van der Waals surface area contributed by atoms with Gasteiger partial charge in [-0.05, 0) is 154 Å². The highest BCUT2D eigenvalue weighted by atomic mass is 35.5. The molecule has 0 bridgehead atoms. The summed E-state index contributed by atoms with van der Waals surface area (Å²) in [6, 6.07) is 46.3. The Morgan fingerprint density at radius 2 is 0.877 bits per heavy atom. The van der Waals surface area contributed by atoms with Gasteiger partial charge in [-0.3, -0.25) is 9.59 Å². The van der Waals surface area contributed by atoms with Crippen LogP contribution in [-0.2, 0) is 14.1 Å². The van der Waals surface area contributed by atoms with Crippen LogP contribution in [0.4, 0.5) is 56.3 Å². The van der Waals surface area contributed by atoms with E-state index in [9.17, 15) is 9.59 Å². The van der Waals surface area contributed by atoms with E-state index in [4.69, 9.17) is 16.6 Å². The smallest absolute Gasteiger partial charge is 0.368 e. The number of halogens is 1. The van der Waals surface area contributed by atoms with Crippen molar-refractivity contribution in [2.75, 3.05) is 82.6 Å². The lowest BCUT2D eigenvalue weighted by Gasteiger charge is -2.37. The van der Waals surface area contributed by atoms with E-state index >= 15 is 0 Å². The molecule has 2 fully saturated rings. The third-order valence-corrected chi connectivity index (χ3v) is 15.2. The Hall–Kier alpha value is -8.26. The summed E-state index contributed by atoms with van der Waals surface area (Å²) >= 11 is 9.57. The highest BCUT2D eigenvalue weighted by Gasteiger charge is 2.25.